The zero-order chi connectivity index (χ0) is 15.1. The van der Waals surface area contributed by atoms with Crippen molar-refractivity contribution < 1.29 is 14.6 Å². The number of anilines is 2. The van der Waals surface area contributed by atoms with Crippen LogP contribution in [-0.4, -0.2) is 27.7 Å². The number of hydrogen-bond donors (Lipinski definition) is 2. The summed E-state index contributed by atoms with van der Waals surface area (Å²) in [4.78, 5) is 18.7. The van der Waals surface area contributed by atoms with Gasteiger partial charge in [0.1, 0.15) is 5.75 Å². The first-order chi connectivity index (χ1) is 10.2. The van der Waals surface area contributed by atoms with Crippen LogP contribution in [0.5, 0.6) is 5.75 Å². The number of nitrogens with zero attached hydrogens (tertiary/aromatic N) is 2. The Morgan fingerprint density at radius 3 is 2.71 bits per heavy atom. The van der Waals surface area contributed by atoms with Crippen LogP contribution in [0.25, 0.3) is 6.08 Å². The van der Waals surface area contributed by atoms with E-state index in [2.05, 4.69) is 15.3 Å². The molecule has 0 aliphatic carbocycles. The number of aliphatic carboxylic acids is 1. The molecule has 0 saturated carbocycles. The van der Waals surface area contributed by atoms with Crippen molar-refractivity contribution in [3.05, 3.63) is 48.3 Å². The van der Waals surface area contributed by atoms with Crippen molar-refractivity contribution in [3.8, 4) is 5.75 Å². The highest BCUT2D eigenvalue weighted by Crippen LogP contribution is 2.25. The van der Waals surface area contributed by atoms with Gasteiger partial charge in [0.25, 0.3) is 0 Å². The van der Waals surface area contributed by atoms with E-state index in [-0.39, 0.29) is 0 Å². The zero-order valence-corrected chi connectivity index (χ0v) is 11.5. The SMILES string of the molecule is CCOc1ccccc1Nc1ncc(/C=C/C(=O)O)cn1. The second-order valence-electron chi connectivity index (χ2n) is 4.07. The van der Waals surface area contributed by atoms with Crippen LogP contribution in [0.3, 0.4) is 0 Å². The van der Waals surface area contributed by atoms with E-state index in [0.29, 0.717) is 18.1 Å². The quantitative estimate of drug-likeness (QED) is 0.794. The molecule has 6 heteroatoms. The second-order valence-corrected chi connectivity index (χ2v) is 4.07. The van der Waals surface area contributed by atoms with Crippen molar-refractivity contribution in [3.63, 3.8) is 0 Å². The first-order valence-corrected chi connectivity index (χ1v) is 6.41. The minimum absolute atomic E-state index is 0.412. The Morgan fingerprint density at radius 2 is 2.05 bits per heavy atom. The number of ether oxygens (including phenoxy) is 1. The maximum atomic E-state index is 10.4. The van der Waals surface area contributed by atoms with E-state index < -0.39 is 5.97 Å². The summed E-state index contributed by atoms with van der Waals surface area (Å²) >= 11 is 0. The van der Waals surface area contributed by atoms with E-state index in [1.54, 1.807) is 0 Å². The molecule has 0 atom stereocenters. The van der Waals surface area contributed by atoms with Crippen molar-refractivity contribution in [2.75, 3.05) is 11.9 Å². The number of carbonyl (C=O) groups is 1. The average Bonchev–Trinajstić information content (AvgIpc) is 2.49. The molecular weight excluding hydrogens is 270 g/mol. The Balaban J connectivity index is 2.12. The van der Waals surface area contributed by atoms with Gasteiger partial charge < -0.3 is 15.2 Å². The lowest BCUT2D eigenvalue weighted by Gasteiger charge is -2.10. The number of benzene rings is 1. The first kappa shape index (κ1) is 14.5. The maximum absolute atomic E-state index is 10.4. The van der Waals surface area contributed by atoms with Gasteiger partial charge in [-0.2, -0.15) is 0 Å². The minimum atomic E-state index is -1.01. The molecule has 0 spiro atoms. The van der Waals surface area contributed by atoms with Gasteiger partial charge in [0, 0.05) is 24.0 Å². The number of carboxylic acid groups (broad SMARTS) is 1. The fourth-order valence-electron chi connectivity index (χ4n) is 1.63. The van der Waals surface area contributed by atoms with E-state index in [9.17, 15) is 4.79 Å². The van der Waals surface area contributed by atoms with Gasteiger partial charge in [-0.05, 0) is 25.1 Å². The van der Waals surface area contributed by atoms with Crippen molar-refractivity contribution in [1.29, 1.82) is 0 Å². The smallest absolute Gasteiger partial charge is 0.328 e. The van der Waals surface area contributed by atoms with Gasteiger partial charge in [-0.1, -0.05) is 12.1 Å². The van der Waals surface area contributed by atoms with Crippen molar-refractivity contribution in [1.82, 2.24) is 9.97 Å². The summed E-state index contributed by atoms with van der Waals surface area (Å²) in [6.07, 6.45) is 5.55. The summed E-state index contributed by atoms with van der Waals surface area (Å²) in [6.45, 7) is 2.48. The van der Waals surface area contributed by atoms with Gasteiger partial charge in [-0.15, -0.1) is 0 Å². The number of nitrogens with one attached hydrogen (secondary N) is 1. The third kappa shape index (κ3) is 4.31. The van der Waals surface area contributed by atoms with Crippen LogP contribution < -0.4 is 10.1 Å². The Labute approximate surface area is 122 Å². The Morgan fingerprint density at radius 1 is 1.33 bits per heavy atom. The number of aromatic nitrogens is 2. The standard InChI is InChI=1S/C15H15N3O3/c1-2-21-13-6-4-3-5-12(13)18-15-16-9-11(10-17-15)7-8-14(19)20/h3-10H,2H2,1H3,(H,19,20)(H,16,17,18)/b8-7+. The van der Waals surface area contributed by atoms with Gasteiger partial charge in [0.15, 0.2) is 0 Å². The highest BCUT2D eigenvalue weighted by atomic mass is 16.5. The lowest BCUT2D eigenvalue weighted by molar-refractivity contribution is -0.131. The molecule has 2 N–H and O–H groups in total. The maximum Gasteiger partial charge on any atom is 0.328 e. The predicted molar refractivity (Wildman–Crippen MR) is 79.6 cm³/mol. The van der Waals surface area contributed by atoms with Crippen molar-refractivity contribution in [2.24, 2.45) is 0 Å². The Bertz CT molecular complexity index is 639. The van der Waals surface area contributed by atoms with E-state index in [1.807, 2.05) is 31.2 Å². The van der Waals surface area contributed by atoms with Gasteiger partial charge in [-0.3, -0.25) is 0 Å². The largest absolute Gasteiger partial charge is 0.492 e. The van der Waals surface area contributed by atoms with Gasteiger partial charge in [0.05, 0.1) is 12.3 Å². The minimum Gasteiger partial charge on any atom is -0.492 e. The summed E-state index contributed by atoms with van der Waals surface area (Å²) in [5.41, 5.74) is 1.38. The van der Waals surface area contributed by atoms with E-state index >= 15 is 0 Å². The lowest BCUT2D eigenvalue weighted by Crippen LogP contribution is -2.00. The average molecular weight is 285 g/mol. The zero-order valence-electron chi connectivity index (χ0n) is 11.5. The van der Waals surface area contributed by atoms with Crippen LogP contribution in [0.2, 0.25) is 0 Å². The summed E-state index contributed by atoms with van der Waals surface area (Å²) in [7, 11) is 0. The van der Waals surface area contributed by atoms with E-state index in [1.165, 1.54) is 18.5 Å². The number of para-hydroxylation sites is 2. The van der Waals surface area contributed by atoms with Gasteiger partial charge in [-0.25, -0.2) is 14.8 Å². The summed E-state index contributed by atoms with van der Waals surface area (Å²) in [6, 6.07) is 7.49. The van der Waals surface area contributed by atoms with E-state index in [4.69, 9.17) is 9.84 Å². The molecule has 21 heavy (non-hydrogen) atoms. The fourth-order valence-corrected chi connectivity index (χ4v) is 1.63. The molecule has 0 aliphatic heterocycles. The third-order valence-electron chi connectivity index (χ3n) is 2.52. The molecule has 2 aromatic rings. The lowest BCUT2D eigenvalue weighted by atomic mass is 10.3. The second kappa shape index (κ2) is 7.04. The number of hydrogen-bond acceptors (Lipinski definition) is 5. The monoisotopic (exact) mass is 285 g/mol. The first-order valence-electron chi connectivity index (χ1n) is 6.41. The normalized spacial score (nSPS) is 10.5. The fraction of sp³-hybridized carbons (Fsp3) is 0.133. The molecule has 0 bridgehead atoms. The molecule has 0 radical (unpaired) electrons. The van der Waals surface area contributed by atoms with Crippen molar-refractivity contribution >= 4 is 23.7 Å². The summed E-state index contributed by atoms with van der Waals surface area (Å²) < 4.78 is 5.50. The molecule has 0 saturated heterocycles. The molecule has 1 aromatic carbocycles. The van der Waals surface area contributed by atoms with Crippen LogP contribution in [0.1, 0.15) is 12.5 Å². The van der Waals surface area contributed by atoms with Crippen LogP contribution >= 0.6 is 0 Å². The number of carboxylic acids is 1. The van der Waals surface area contributed by atoms with Gasteiger partial charge in [0.2, 0.25) is 5.95 Å². The summed E-state index contributed by atoms with van der Waals surface area (Å²) in [5.74, 6) is 0.121. The molecule has 0 fully saturated rings. The molecule has 1 heterocycles. The Kier molecular flexibility index (Phi) is 4.87. The molecule has 1 aromatic heterocycles. The number of rotatable bonds is 6. The predicted octanol–water partition coefficient (Wildman–Crippen LogP) is 2.72. The van der Waals surface area contributed by atoms with Crippen LogP contribution in [-0.2, 0) is 4.79 Å². The Hall–Kier alpha value is -2.89. The van der Waals surface area contributed by atoms with Gasteiger partial charge >= 0.3 is 5.97 Å². The molecule has 0 aliphatic rings. The highest BCUT2D eigenvalue weighted by molar-refractivity contribution is 5.85. The third-order valence-corrected chi connectivity index (χ3v) is 2.52. The summed E-state index contributed by atoms with van der Waals surface area (Å²) in [5, 5.41) is 11.6. The highest BCUT2D eigenvalue weighted by Gasteiger charge is 2.04. The molecule has 6 nitrogen and oxygen atoms in total. The van der Waals surface area contributed by atoms with Crippen LogP contribution in [0, 0.1) is 0 Å². The molecule has 0 unspecified atom stereocenters. The van der Waals surface area contributed by atoms with Crippen LogP contribution in [0.4, 0.5) is 11.6 Å². The molecule has 2 rings (SSSR count). The van der Waals surface area contributed by atoms with Crippen molar-refractivity contribution in [2.45, 2.75) is 6.92 Å². The van der Waals surface area contributed by atoms with E-state index in [0.717, 1.165) is 17.5 Å². The molecule has 108 valence electrons. The molecule has 0 amide bonds. The topological polar surface area (TPSA) is 84.3 Å². The molecular formula is C15H15N3O3. The van der Waals surface area contributed by atoms with Crippen LogP contribution in [0.15, 0.2) is 42.7 Å².